The van der Waals surface area contributed by atoms with E-state index >= 15 is 0 Å². The molecule has 25 heavy (non-hydrogen) atoms. The van der Waals surface area contributed by atoms with Crippen LogP contribution in [0.1, 0.15) is 17.0 Å². The van der Waals surface area contributed by atoms with Crippen LogP contribution in [0.2, 0.25) is 0 Å². The lowest BCUT2D eigenvalue weighted by Gasteiger charge is -2.07. The van der Waals surface area contributed by atoms with Crippen LogP contribution in [0.25, 0.3) is 10.9 Å². The van der Waals surface area contributed by atoms with Crippen molar-refractivity contribution >= 4 is 16.8 Å². The molecule has 0 atom stereocenters. The molecule has 0 bridgehead atoms. The van der Waals surface area contributed by atoms with Gasteiger partial charge in [-0.15, -0.1) is 5.10 Å². The molecule has 0 radical (unpaired) electrons. The molecule has 0 saturated heterocycles. The van der Waals surface area contributed by atoms with Crippen LogP contribution in [0, 0.1) is 19.7 Å². The number of carbonyl (C=O) groups excluding carboxylic acids is 1. The van der Waals surface area contributed by atoms with Gasteiger partial charge in [0.2, 0.25) is 5.91 Å². The highest BCUT2D eigenvalue weighted by atomic mass is 19.1. The van der Waals surface area contributed by atoms with Gasteiger partial charge in [0, 0.05) is 12.1 Å². The molecule has 0 saturated carbocycles. The molecular weight excluding hydrogens is 329 g/mol. The fraction of sp³-hybridized carbons (Fsp3) is 0.312. The summed E-state index contributed by atoms with van der Waals surface area (Å²) < 4.78 is 19.4. The van der Waals surface area contributed by atoms with E-state index in [1.54, 1.807) is 13.8 Å². The third-order valence-corrected chi connectivity index (χ3v) is 3.85. The molecule has 0 fully saturated rings. The quantitative estimate of drug-likeness (QED) is 0.737. The average molecular weight is 345 g/mol. The molecule has 8 nitrogen and oxygen atoms in total. The number of hydrogen-bond donors (Lipinski definition) is 1. The van der Waals surface area contributed by atoms with E-state index in [2.05, 4.69) is 20.8 Å². The molecular formula is C16H16FN5O3. The van der Waals surface area contributed by atoms with Gasteiger partial charge in [-0.1, -0.05) is 10.4 Å². The van der Waals surface area contributed by atoms with Gasteiger partial charge in [0.25, 0.3) is 5.56 Å². The highest BCUT2D eigenvalue weighted by Crippen LogP contribution is 2.12. The Morgan fingerprint density at radius 3 is 2.88 bits per heavy atom. The predicted molar refractivity (Wildman–Crippen MR) is 86.4 cm³/mol. The second-order valence-electron chi connectivity index (χ2n) is 5.61. The molecule has 9 heteroatoms. The topological polar surface area (TPSA) is 103 Å². The van der Waals surface area contributed by atoms with Crippen LogP contribution in [0.5, 0.6) is 0 Å². The first-order valence-corrected chi connectivity index (χ1v) is 7.67. The van der Waals surface area contributed by atoms with Gasteiger partial charge in [-0.05, 0) is 32.0 Å². The minimum atomic E-state index is -0.517. The zero-order chi connectivity index (χ0) is 18.0. The van der Waals surface area contributed by atoms with Gasteiger partial charge < -0.3 is 9.84 Å². The fourth-order valence-corrected chi connectivity index (χ4v) is 2.47. The lowest BCUT2D eigenvalue weighted by molar-refractivity contribution is -0.120. The molecule has 1 amide bonds. The van der Waals surface area contributed by atoms with Gasteiger partial charge in [-0.25, -0.2) is 9.07 Å². The zero-order valence-electron chi connectivity index (χ0n) is 13.7. The number of nitrogens with zero attached hydrogens (tertiary/aromatic N) is 4. The number of nitrogens with one attached hydrogen (secondary N) is 1. The van der Waals surface area contributed by atoms with E-state index in [1.807, 2.05) is 0 Å². The molecule has 0 aliphatic rings. The third kappa shape index (κ3) is 3.54. The van der Waals surface area contributed by atoms with E-state index in [1.165, 1.54) is 12.1 Å². The molecule has 3 rings (SSSR count). The maximum absolute atomic E-state index is 13.3. The number of halogens is 1. The minimum absolute atomic E-state index is 0.131. The van der Waals surface area contributed by atoms with Gasteiger partial charge in [0.05, 0.1) is 24.0 Å². The normalized spacial score (nSPS) is 11.0. The van der Waals surface area contributed by atoms with Crippen molar-refractivity contribution in [2.45, 2.75) is 26.8 Å². The summed E-state index contributed by atoms with van der Waals surface area (Å²) >= 11 is 0. The van der Waals surface area contributed by atoms with Crippen LogP contribution in [0.3, 0.4) is 0 Å². The van der Waals surface area contributed by atoms with Crippen molar-refractivity contribution in [3.63, 3.8) is 0 Å². The van der Waals surface area contributed by atoms with E-state index < -0.39 is 11.4 Å². The highest BCUT2D eigenvalue weighted by Gasteiger charge is 2.13. The Balaban J connectivity index is 1.64. The van der Waals surface area contributed by atoms with Crippen LogP contribution < -0.4 is 10.9 Å². The maximum atomic E-state index is 13.3. The summed E-state index contributed by atoms with van der Waals surface area (Å²) in [6.07, 6.45) is 0.144. The van der Waals surface area contributed by atoms with Crippen LogP contribution in [0.15, 0.2) is 27.5 Å². The molecule has 0 aliphatic carbocycles. The van der Waals surface area contributed by atoms with Crippen molar-refractivity contribution in [3.05, 3.63) is 51.4 Å². The standard InChI is InChI=1S/C16H16FN5O3/c1-9-12(10(2)25-20-9)8-15(23)18-5-6-22-16(24)13-7-11(17)3-4-14(13)19-21-22/h3-4,7H,5-6,8H2,1-2H3,(H,18,23). The number of benzene rings is 1. The number of hydrogen-bond acceptors (Lipinski definition) is 6. The van der Waals surface area contributed by atoms with Crippen molar-refractivity contribution < 1.29 is 13.7 Å². The van der Waals surface area contributed by atoms with Gasteiger partial charge in [0.15, 0.2) is 0 Å². The van der Waals surface area contributed by atoms with Crippen LogP contribution in [-0.4, -0.2) is 32.6 Å². The fourth-order valence-electron chi connectivity index (χ4n) is 2.47. The number of fused-ring (bicyclic) bond motifs is 1. The monoisotopic (exact) mass is 345 g/mol. The molecule has 2 aromatic heterocycles. The minimum Gasteiger partial charge on any atom is -0.361 e. The Labute approximate surface area is 141 Å². The molecule has 1 N–H and O–H groups in total. The second-order valence-corrected chi connectivity index (χ2v) is 5.61. The average Bonchev–Trinajstić information content (AvgIpc) is 2.89. The van der Waals surface area contributed by atoms with Gasteiger partial charge in [-0.3, -0.25) is 9.59 Å². The summed E-state index contributed by atoms with van der Waals surface area (Å²) in [5.41, 5.74) is 1.29. The molecule has 3 aromatic rings. The van der Waals surface area contributed by atoms with Crippen molar-refractivity contribution in [2.24, 2.45) is 0 Å². The number of aryl methyl sites for hydroxylation is 2. The van der Waals surface area contributed by atoms with E-state index in [0.29, 0.717) is 17.0 Å². The van der Waals surface area contributed by atoms with Crippen LogP contribution in [-0.2, 0) is 17.8 Å². The Morgan fingerprint density at radius 1 is 1.36 bits per heavy atom. The number of aromatic nitrogens is 4. The highest BCUT2D eigenvalue weighted by molar-refractivity contribution is 5.79. The maximum Gasteiger partial charge on any atom is 0.277 e. The third-order valence-electron chi connectivity index (χ3n) is 3.85. The molecule has 0 unspecified atom stereocenters. The predicted octanol–water partition coefficient (Wildman–Crippen LogP) is 0.894. The summed E-state index contributed by atoms with van der Waals surface area (Å²) in [7, 11) is 0. The Kier molecular flexibility index (Phi) is 4.55. The smallest absolute Gasteiger partial charge is 0.277 e. The zero-order valence-corrected chi connectivity index (χ0v) is 13.7. The lowest BCUT2D eigenvalue weighted by Crippen LogP contribution is -2.33. The van der Waals surface area contributed by atoms with Crippen molar-refractivity contribution in [1.82, 2.24) is 25.5 Å². The second kappa shape index (κ2) is 6.80. The Bertz CT molecular complexity index is 976. The number of amides is 1. The van der Waals surface area contributed by atoms with Crippen molar-refractivity contribution in [3.8, 4) is 0 Å². The van der Waals surface area contributed by atoms with Gasteiger partial charge in [-0.2, -0.15) is 0 Å². The molecule has 1 aromatic carbocycles. The SMILES string of the molecule is Cc1noc(C)c1CC(=O)NCCn1nnc2ccc(F)cc2c1=O. The Morgan fingerprint density at radius 2 is 2.16 bits per heavy atom. The Hall–Kier alpha value is -3.10. The van der Waals surface area contributed by atoms with Crippen molar-refractivity contribution in [1.29, 1.82) is 0 Å². The van der Waals surface area contributed by atoms with Gasteiger partial charge >= 0.3 is 0 Å². The molecule has 0 aliphatic heterocycles. The molecule has 130 valence electrons. The first kappa shape index (κ1) is 16.7. The van der Waals surface area contributed by atoms with Gasteiger partial charge in [0.1, 0.15) is 17.1 Å². The van der Waals surface area contributed by atoms with E-state index in [4.69, 9.17) is 4.52 Å². The van der Waals surface area contributed by atoms with E-state index in [9.17, 15) is 14.0 Å². The van der Waals surface area contributed by atoms with Crippen molar-refractivity contribution in [2.75, 3.05) is 6.54 Å². The van der Waals surface area contributed by atoms with E-state index in [0.717, 1.165) is 16.3 Å². The first-order chi connectivity index (χ1) is 12.0. The first-order valence-electron chi connectivity index (χ1n) is 7.67. The molecule has 0 spiro atoms. The number of carbonyl (C=O) groups is 1. The van der Waals surface area contributed by atoms with E-state index in [-0.39, 0.29) is 30.8 Å². The summed E-state index contributed by atoms with van der Waals surface area (Å²) in [6, 6.07) is 3.74. The largest absolute Gasteiger partial charge is 0.361 e. The summed E-state index contributed by atoms with van der Waals surface area (Å²) in [6.45, 7) is 3.83. The lowest BCUT2D eigenvalue weighted by atomic mass is 10.1. The summed E-state index contributed by atoms with van der Waals surface area (Å²) in [4.78, 5) is 24.3. The molecule has 2 heterocycles. The number of rotatable bonds is 5. The van der Waals surface area contributed by atoms with Crippen LogP contribution in [0.4, 0.5) is 4.39 Å². The summed E-state index contributed by atoms with van der Waals surface area (Å²) in [5, 5.41) is 14.3. The van der Waals surface area contributed by atoms with Crippen LogP contribution >= 0.6 is 0 Å². The summed E-state index contributed by atoms with van der Waals surface area (Å²) in [5.74, 6) is -0.134.